The molecule has 3 aromatic carbocycles. The summed E-state index contributed by atoms with van der Waals surface area (Å²) in [5.74, 6) is 0.659. The van der Waals surface area contributed by atoms with Crippen molar-refractivity contribution in [2.45, 2.75) is 0 Å². The zero-order valence-corrected chi connectivity index (χ0v) is 15.6. The van der Waals surface area contributed by atoms with Crippen LogP contribution >= 0.6 is 0 Å². The number of hydrogen-bond donors (Lipinski definition) is 3. The SMILES string of the molecule is CNC(=O)c1ccc(-n2nc(-c3ccccc3O)nc2-c2ccccc2O)cc1. The summed E-state index contributed by atoms with van der Waals surface area (Å²) in [7, 11) is 1.57. The molecule has 144 valence electrons. The van der Waals surface area contributed by atoms with Gasteiger partial charge in [-0.25, -0.2) is 9.67 Å². The van der Waals surface area contributed by atoms with E-state index in [-0.39, 0.29) is 17.4 Å². The highest BCUT2D eigenvalue weighted by atomic mass is 16.3. The quantitative estimate of drug-likeness (QED) is 0.499. The predicted molar refractivity (Wildman–Crippen MR) is 109 cm³/mol. The predicted octanol–water partition coefficient (Wildman–Crippen LogP) is 3.37. The molecule has 1 amide bonds. The molecule has 7 heteroatoms. The van der Waals surface area contributed by atoms with Gasteiger partial charge in [0.05, 0.1) is 16.8 Å². The van der Waals surface area contributed by atoms with Crippen molar-refractivity contribution in [2.24, 2.45) is 0 Å². The number of nitrogens with zero attached hydrogens (tertiary/aromatic N) is 3. The van der Waals surface area contributed by atoms with E-state index in [4.69, 9.17) is 0 Å². The summed E-state index contributed by atoms with van der Waals surface area (Å²) < 4.78 is 1.57. The number of hydrogen-bond acceptors (Lipinski definition) is 5. The third kappa shape index (κ3) is 3.41. The molecule has 0 atom stereocenters. The Morgan fingerprint density at radius 1 is 0.862 bits per heavy atom. The molecule has 0 spiro atoms. The highest BCUT2D eigenvalue weighted by Gasteiger charge is 2.19. The van der Waals surface area contributed by atoms with E-state index < -0.39 is 0 Å². The maximum atomic E-state index is 11.8. The Balaban J connectivity index is 1.89. The Hall–Kier alpha value is -4.13. The minimum atomic E-state index is -0.189. The maximum Gasteiger partial charge on any atom is 0.251 e. The van der Waals surface area contributed by atoms with Gasteiger partial charge in [-0.2, -0.15) is 0 Å². The summed E-state index contributed by atoms with van der Waals surface area (Å²) in [6, 6.07) is 20.5. The van der Waals surface area contributed by atoms with E-state index in [0.29, 0.717) is 34.0 Å². The summed E-state index contributed by atoms with van der Waals surface area (Å²) in [6.45, 7) is 0. The van der Waals surface area contributed by atoms with Crippen LogP contribution in [-0.4, -0.2) is 37.9 Å². The van der Waals surface area contributed by atoms with Crippen molar-refractivity contribution in [3.05, 3.63) is 78.4 Å². The fourth-order valence-electron chi connectivity index (χ4n) is 3.00. The van der Waals surface area contributed by atoms with Gasteiger partial charge in [0, 0.05) is 12.6 Å². The number of amides is 1. The summed E-state index contributed by atoms with van der Waals surface area (Å²) >= 11 is 0. The zero-order chi connectivity index (χ0) is 20.4. The van der Waals surface area contributed by atoms with E-state index in [1.807, 2.05) is 0 Å². The maximum absolute atomic E-state index is 11.8. The van der Waals surface area contributed by atoms with Gasteiger partial charge in [-0.1, -0.05) is 24.3 Å². The van der Waals surface area contributed by atoms with Crippen LogP contribution < -0.4 is 5.32 Å². The standard InChI is InChI=1S/C22H18N4O3/c1-23-22(29)14-10-12-15(13-11-14)26-21(17-7-3-5-9-19(17)28)24-20(25-26)16-6-2-4-8-18(16)27/h2-13,27-28H,1H3,(H,23,29). The first-order valence-corrected chi connectivity index (χ1v) is 8.95. The van der Waals surface area contributed by atoms with Crippen LogP contribution in [0.5, 0.6) is 11.5 Å². The number of benzene rings is 3. The molecule has 1 heterocycles. The van der Waals surface area contributed by atoms with Crippen molar-refractivity contribution < 1.29 is 15.0 Å². The fraction of sp³-hybridized carbons (Fsp3) is 0.0455. The number of carbonyl (C=O) groups is 1. The third-order valence-electron chi connectivity index (χ3n) is 4.50. The molecule has 0 saturated carbocycles. The number of nitrogens with one attached hydrogen (secondary N) is 1. The van der Waals surface area contributed by atoms with Gasteiger partial charge >= 0.3 is 0 Å². The largest absolute Gasteiger partial charge is 0.507 e. The Kier molecular flexibility index (Phi) is 4.70. The monoisotopic (exact) mass is 386 g/mol. The first-order chi connectivity index (χ1) is 14.1. The van der Waals surface area contributed by atoms with Gasteiger partial charge in [-0.05, 0) is 48.5 Å². The lowest BCUT2D eigenvalue weighted by atomic mass is 10.1. The molecule has 29 heavy (non-hydrogen) atoms. The molecule has 7 nitrogen and oxygen atoms in total. The van der Waals surface area contributed by atoms with E-state index in [1.165, 1.54) is 0 Å². The first kappa shape index (κ1) is 18.2. The lowest BCUT2D eigenvalue weighted by molar-refractivity contribution is 0.0963. The van der Waals surface area contributed by atoms with Crippen LogP contribution in [0.1, 0.15) is 10.4 Å². The Labute approximate surface area is 166 Å². The molecule has 1 aromatic heterocycles. The molecule has 0 bridgehead atoms. The molecule has 0 saturated heterocycles. The number of phenolic OH excluding ortho intramolecular Hbond substituents is 2. The average Bonchev–Trinajstić information content (AvgIpc) is 3.19. The molecule has 4 rings (SSSR count). The van der Waals surface area contributed by atoms with Crippen LogP contribution in [0.2, 0.25) is 0 Å². The molecule has 3 N–H and O–H groups in total. The highest BCUT2D eigenvalue weighted by Crippen LogP contribution is 2.33. The average molecular weight is 386 g/mol. The molecule has 0 unspecified atom stereocenters. The van der Waals surface area contributed by atoms with Crippen LogP contribution in [0.4, 0.5) is 0 Å². The third-order valence-corrected chi connectivity index (χ3v) is 4.50. The number of aromatic hydroxyl groups is 2. The fourth-order valence-corrected chi connectivity index (χ4v) is 3.00. The van der Waals surface area contributed by atoms with E-state index in [1.54, 1.807) is 84.5 Å². The van der Waals surface area contributed by atoms with Gasteiger partial charge in [-0.3, -0.25) is 4.79 Å². The Bertz CT molecular complexity index is 1180. The number of aromatic nitrogens is 3. The molecule has 0 aliphatic rings. The van der Waals surface area contributed by atoms with E-state index in [0.717, 1.165) is 0 Å². The van der Waals surface area contributed by atoms with E-state index in [9.17, 15) is 15.0 Å². The van der Waals surface area contributed by atoms with Crippen LogP contribution in [-0.2, 0) is 0 Å². The van der Waals surface area contributed by atoms with Gasteiger partial charge in [-0.15, -0.1) is 5.10 Å². The number of phenols is 2. The number of rotatable bonds is 4. The lowest BCUT2D eigenvalue weighted by Crippen LogP contribution is -2.17. The highest BCUT2D eigenvalue weighted by molar-refractivity contribution is 5.94. The molecule has 0 radical (unpaired) electrons. The Morgan fingerprint density at radius 2 is 1.45 bits per heavy atom. The normalized spacial score (nSPS) is 10.7. The summed E-state index contributed by atoms with van der Waals surface area (Å²) in [4.78, 5) is 16.4. The van der Waals surface area contributed by atoms with Crippen molar-refractivity contribution in [1.82, 2.24) is 20.1 Å². The van der Waals surface area contributed by atoms with Gasteiger partial charge in [0.1, 0.15) is 11.5 Å². The lowest BCUT2D eigenvalue weighted by Gasteiger charge is -2.08. The van der Waals surface area contributed by atoms with Crippen LogP contribution in [0.25, 0.3) is 28.5 Å². The van der Waals surface area contributed by atoms with Crippen molar-refractivity contribution >= 4 is 5.91 Å². The van der Waals surface area contributed by atoms with Crippen molar-refractivity contribution in [3.8, 4) is 40.0 Å². The van der Waals surface area contributed by atoms with Gasteiger partial charge in [0.2, 0.25) is 0 Å². The smallest absolute Gasteiger partial charge is 0.251 e. The second-order valence-electron chi connectivity index (χ2n) is 6.33. The molecule has 0 aliphatic heterocycles. The minimum Gasteiger partial charge on any atom is -0.507 e. The minimum absolute atomic E-state index is 0.0587. The van der Waals surface area contributed by atoms with Crippen LogP contribution in [0, 0.1) is 0 Å². The molecular weight excluding hydrogens is 368 g/mol. The second kappa shape index (κ2) is 7.47. The first-order valence-electron chi connectivity index (χ1n) is 8.95. The summed E-state index contributed by atoms with van der Waals surface area (Å²) in [5, 5.41) is 27.7. The van der Waals surface area contributed by atoms with Crippen molar-refractivity contribution in [3.63, 3.8) is 0 Å². The number of carbonyl (C=O) groups excluding carboxylic acids is 1. The molecule has 0 aliphatic carbocycles. The molecular formula is C22H18N4O3. The summed E-state index contributed by atoms with van der Waals surface area (Å²) in [5.41, 5.74) is 2.15. The van der Waals surface area contributed by atoms with Crippen molar-refractivity contribution in [1.29, 1.82) is 0 Å². The van der Waals surface area contributed by atoms with Crippen LogP contribution in [0.15, 0.2) is 72.8 Å². The zero-order valence-electron chi connectivity index (χ0n) is 15.6. The number of para-hydroxylation sites is 2. The summed E-state index contributed by atoms with van der Waals surface area (Å²) in [6.07, 6.45) is 0. The van der Waals surface area contributed by atoms with Gasteiger partial charge in [0.15, 0.2) is 11.6 Å². The van der Waals surface area contributed by atoms with E-state index in [2.05, 4.69) is 15.4 Å². The Morgan fingerprint density at radius 3 is 2.03 bits per heavy atom. The van der Waals surface area contributed by atoms with Crippen LogP contribution in [0.3, 0.4) is 0 Å². The molecule has 4 aromatic rings. The topological polar surface area (TPSA) is 100 Å². The second-order valence-corrected chi connectivity index (χ2v) is 6.33. The van der Waals surface area contributed by atoms with Gasteiger partial charge in [0.25, 0.3) is 5.91 Å². The van der Waals surface area contributed by atoms with Crippen molar-refractivity contribution in [2.75, 3.05) is 7.05 Å². The van der Waals surface area contributed by atoms with Gasteiger partial charge < -0.3 is 15.5 Å². The van der Waals surface area contributed by atoms with E-state index >= 15 is 0 Å². The molecule has 0 fully saturated rings.